The molecule has 0 aliphatic heterocycles. The van der Waals surface area contributed by atoms with Crippen LogP contribution >= 0.6 is 0 Å². The highest BCUT2D eigenvalue weighted by atomic mass is 16.3. The fraction of sp³-hybridized carbons (Fsp3) is 0.800. The van der Waals surface area contributed by atoms with Crippen LogP contribution in [0.1, 0.15) is 53.4 Å². The summed E-state index contributed by atoms with van der Waals surface area (Å²) in [5, 5.41) is 40.9. The number of nitrogens with zero attached hydrogens (tertiary/aromatic N) is 5. The van der Waals surface area contributed by atoms with Crippen LogP contribution in [0.15, 0.2) is 0 Å². The minimum Gasteiger partial charge on any atom is -0.373 e. The Bertz CT molecular complexity index is 472. The van der Waals surface area contributed by atoms with Gasteiger partial charge in [-0.25, -0.2) is 0 Å². The zero-order valence-electron chi connectivity index (χ0n) is 15.2. The van der Waals surface area contributed by atoms with Crippen molar-refractivity contribution in [3.05, 3.63) is 0 Å². The topological polar surface area (TPSA) is 152 Å². The summed E-state index contributed by atoms with van der Waals surface area (Å²) in [6, 6.07) is 0. The van der Waals surface area contributed by atoms with Crippen molar-refractivity contribution in [3.63, 3.8) is 0 Å². The molecule has 25 heavy (non-hydrogen) atoms. The van der Waals surface area contributed by atoms with Crippen LogP contribution in [0.3, 0.4) is 0 Å². The van der Waals surface area contributed by atoms with E-state index in [1.165, 1.54) is 9.80 Å². The zero-order valence-corrected chi connectivity index (χ0v) is 15.2. The Morgan fingerprint density at radius 3 is 1.20 bits per heavy atom. The Morgan fingerprint density at radius 1 is 0.680 bits per heavy atom. The van der Waals surface area contributed by atoms with Gasteiger partial charge < -0.3 is 26.2 Å². The number of anilines is 3. The molecule has 0 aromatic carbocycles. The SMILES string of the molecule is CCC(O)N(c1nc(N)nc(N(C(O)CC)C(O)CC)n1)C(O)CC. The minimum absolute atomic E-state index is 0.0252. The summed E-state index contributed by atoms with van der Waals surface area (Å²) in [7, 11) is 0. The van der Waals surface area contributed by atoms with E-state index in [1.54, 1.807) is 27.7 Å². The Morgan fingerprint density at radius 2 is 0.960 bits per heavy atom. The molecule has 4 unspecified atom stereocenters. The minimum atomic E-state index is -1.02. The second-order valence-electron chi connectivity index (χ2n) is 5.66. The normalized spacial score (nSPS) is 16.2. The Hall–Kier alpha value is -1.75. The number of nitrogens with two attached hydrogens (primary N) is 1. The van der Waals surface area contributed by atoms with Crippen molar-refractivity contribution in [1.82, 2.24) is 15.0 Å². The van der Waals surface area contributed by atoms with E-state index >= 15 is 0 Å². The van der Waals surface area contributed by atoms with E-state index in [1.807, 2.05) is 0 Å². The molecule has 6 N–H and O–H groups in total. The number of aromatic nitrogens is 3. The third-order valence-corrected chi connectivity index (χ3v) is 3.84. The van der Waals surface area contributed by atoms with Crippen LogP contribution < -0.4 is 15.5 Å². The molecule has 10 nitrogen and oxygen atoms in total. The maximum atomic E-state index is 10.2. The summed E-state index contributed by atoms with van der Waals surface area (Å²) in [5.41, 5.74) is 5.76. The van der Waals surface area contributed by atoms with Gasteiger partial charge in [-0.2, -0.15) is 15.0 Å². The lowest BCUT2D eigenvalue weighted by Gasteiger charge is -2.34. The highest BCUT2D eigenvalue weighted by Gasteiger charge is 2.29. The van der Waals surface area contributed by atoms with Crippen LogP contribution in [0, 0.1) is 0 Å². The molecule has 0 fully saturated rings. The van der Waals surface area contributed by atoms with Gasteiger partial charge in [0, 0.05) is 0 Å². The van der Waals surface area contributed by atoms with Crippen LogP contribution in [0.5, 0.6) is 0 Å². The molecule has 0 spiro atoms. The number of hydrogen-bond acceptors (Lipinski definition) is 10. The van der Waals surface area contributed by atoms with E-state index in [9.17, 15) is 20.4 Å². The van der Waals surface area contributed by atoms with Gasteiger partial charge in [-0.3, -0.25) is 9.80 Å². The van der Waals surface area contributed by atoms with Gasteiger partial charge in [-0.05, 0) is 25.7 Å². The average Bonchev–Trinajstić information content (AvgIpc) is 2.60. The molecule has 0 radical (unpaired) electrons. The highest BCUT2D eigenvalue weighted by molar-refractivity contribution is 5.45. The zero-order chi connectivity index (χ0) is 19.1. The number of hydrogen-bond donors (Lipinski definition) is 5. The average molecular weight is 358 g/mol. The standard InChI is InChI=1S/C15H30N6O4/c1-5-9(22)20(10(23)6-2)14-17-13(16)18-15(19-14)21(11(24)7-3)12(25)8-4/h9-12,22-25H,5-8H2,1-4H3,(H2,16,17,18,19). The van der Waals surface area contributed by atoms with Gasteiger partial charge in [0.25, 0.3) is 0 Å². The largest absolute Gasteiger partial charge is 0.373 e. The molecule has 0 aliphatic rings. The molecule has 1 aromatic rings. The van der Waals surface area contributed by atoms with Gasteiger partial charge in [0.15, 0.2) is 0 Å². The number of nitrogen functional groups attached to an aromatic ring is 1. The Kier molecular flexibility index (Phi) is 8.23. The third kappa shape index (κ3) is 5.11. The molecule has 144 valence electrons. The van der Waals surface area contributed by atoms with Gasteiger partial charge in [0.2, 0.25) is 17.8 Å². The molecule has 0 bridgehead atoms. The predicted octanol–water partition coefficient (Wildman–Crippen LogP) is -0.0198. The van der Waals surface area contributed by atoms with Gasteiger partial charge in [0.05, 0.1) is 0 Å². The molecule has 0 amide bonds. The Balaban J connectivity index is 3.40. The Labute approximate surface area is 148 Å². The van der Waals surface area contributed by atoms with Crippen molar-refractivity contribution in [1.29, 1.82) is 0 Å². The summed E-state index contributed by atoms with van der Waals surface area (Å²) < 4.78 is 0. The maximum absolute atomic E-state index is 10.2. The van der Waals surface area contributed by atoms with E-state index in [4.69, 9.17) is 5.73 Å². The van der Waals surface area contributed by atoms with Gasteiger partial charge in [-0.1, -0.05) is 27.7 Å². The molecule has 1 rings (SSSR count). The van der Waals surface area contributed by atoms with E-state index < -0.39 is 24.9 Å². The fourth-order valence-electron chi connectivity index (χ4n) is 2.32. The monoisotopic (exact) mass is 358 g/mol. The second-order valence-corrected chi connectivity index (χ2v) is 5.66. The number of rotatable bonds is 10. The van der Waals surface area contributed by atoms with E-state index in [2.05, 4.69) is 15.0 Å². The van der Waals surface area contributed by atoms with Crippen LogP contribution in [-0.4, -0.2) is 60.3 Å². The summed E-state index contributed by atoms with van der Waals surface area (Å²) >= 11 is 0. The fourth-order valence-corrected chi connectivity index (χ4v) is 2.32. The maximum Gasteiger partial charge on any atom is 0.236 e. The molecule has 0 saturated heterocycles. The molecule has 1 heterocycles. The molecule has 1 aromatic heterocycles. The summed E-state index contributed by atoms with van der Waals surface area (Å²) in [6.07, 6.45) is -2.77. The first-order chi connectivity index (χ1) is 11.8. The predicted molar refractivity (Wildman–Crippen MR) is 94.4 cm³/mol. The number of aliphatic hydroxyl groups is 4. The lowest BCUT2D eigenvalue weighted by Crippen LogP contribution is -2.46. The number of aliphatic hydroxyl groups excluding tert-OH is 4. The van der Waals surface area contributed by atoms with Crippen LogP contribution in [0.4, 0.5) is 17.8 Å². The third-order valence-electron chi connectivity index (χ3n) is 3.84. The van der Waals surface area contributed by atoms with E-state index in [0.717, 1.165) is 0 Å². The van der Waals surface area contributed by atoms with Crippen LogP contribution in [0.2, 0.25) is 0 Å². The smallest absolute Gasteiger partial charge is 0.236 e. The van der Waals surface area contributed by atoms with Crippen LogP contribution in [-0.2, 0) is 0 Å². The lowest BCUT2D eigenvalue weighted by atomic mass is 10.3. The van der Waals surface area contributed by atoms with Crippen molar-refractivity contribution in [3.8, 4) is 0 Å². The molecular weight excluding hydrogens is 328 g/mol. The van der Waals surface area contributed by atoms with Crippen molar-refractivity contribution in [2.75, 3.05) is 15.5 Å². The van der Waals surface area contributed by atoms with Crippen molar-refractivity contribution in [2.24, 2.45) is 0 Å². The van der Waals surface area contributed by atoms with Gasteiger partial charge in [-0.15, -0.1) is 0 Å². The van der Waals surface area contributed by atoms with E-state index in [0.29, 0.717) is 25.7 Å². The highest BCUT2D eigenvalue weighted by Crippen LogP contribution is 2.23. The second kappa shape index (κ2) is 9.66. The van der Waals surface area contributed by atoms with E-state index in [-0.39, 0.29) is 17.8 Å². The molecule has 0 aliphatic carbocycles. The molecule has 10 heteroatoms. The molecule has 4 atom stereocenters. The first-order valence-electron chi connectivity index (χ1n) is 8.60. The summed E-state index contributed by atoms with van der Waals surface area (Å²) in [4.78, 5) is 14.7. The molecular formula is C15H30N6O4. The quantitative estimate of drug-likeness (QED) is 0.361. The summed E-state index contributed by atoms with van der Waals surface area (Å²) in [6.45, 7) is 7.00. The van der Waals surface area contributed by atoms with Crippen molar-refractivity contribution >= 4 is 17.8 Å². The van der Waals surface area contributed by atoms with Gasteiger partial charge >= 0.3 is 0 Å². The summed E-state index contributed by atoms with van der Waals surface area (Å²) in [5.74, 6) is -0.196. The first-order valence-corrected chi connectivity index (χ1v) is 8.60. The van der Waals surface area contributed by atoms with Gasteiger partial charge in [0.1, 0.15) is 24.9 Å². The van der Waals surface area contributed by atoms with Crippen LogP contribution in [0.25, 0.3) is 0 Å². The van der Waals surface area contributed by atoms with Crippen molar-refractivity contribution in [2.45, 2.75) is 78.3 Å². The molecule has 0 saturated carbocycles. The lowest BCUT2D eigenvalue weighted by molar-refractivity contribution is 0.0752. The van der Waals surface area contributed by atoms with Crippen molar-refractivity contribution < 1.29 is 20.4 Å². The first kappa shape index (κ1) is 21.3.